The Morgan fingerprint density at radius 2 is 0.889 bits per heavy atom. The molecule has 10 nitrogen and oxygen atoms in total. The fourth-order valence-electron chi connectivity index (χ4n) is 4.72. The van der Waals surface area contributed by atoms with Crippen molar-refractivity contribution in [1.29, 1.82) is 0 Å². The average Bonchev–Trinajstić information content (AvgIpc) is 3.00. The lowest BCUT2D eigenvalue weighted by atomic mass is 10.0. The lowest BCUT2D eigenvalue weighted by Gasteiger charge is -2.15. The van der Waals surface area contributed by atoms with Gasteiger partial charge in [-0.3, -0.25) is 0 Å². The molecule has 0 N–H and O–H groups in total. The van der Waals surface area contributed by atoms with E-state index in [0.29, 0.717) is 0 Å². The first kappa shape index (κ1) is 29.9. The number of rotatable bonds is 8. The third-order valence-corrected chi connectivity index (χ3v) is 9.54. The van der Waals surface area contributed by atoms with Crippen LogP contribution in [-0.2, 0) is 26.7 Å². The van der Waals surface area contributed by atoms with Gasteiger partial charge in [0.25, 0.3) is 0 Å². The molecule has 0 aliphatic rings. The number of fused-ring (bicyclic) bond motifs is 2. The van der Waals surface area contributed by atoms with Crippen LogP contribution in [0.15, 0.2) is 125 Å². The van der Waals surface area contributed by atoms with E-state index in [1.807, 2.05) is 0 Å². The summed E-state index contributed by atoms with van der Waals surface area (Å²) in [5.74, 6) is -0.773. The lowest BCUT2D eigenvalue weighted by molar-refractivity contribution is 0.471. The predicted molar refractivity (Wildman–Crippen MR) is 166 cm³/mol. The number of hydrogen-bond donors (Lipinski definition) is 0. The summed E-state index contributed by atoms with van der Waals surface area (Å²) < 4.78 is 75.8. The molecule has 45 heavy (non-hydrogen) atoms. The van der Waals surface area contributed by atoms with Gasteiger partial charge in [0.05, 0.1) is 21.9 Å². The minimum atomic E-state index is -4.49. The Bertz CT molecular complexity index is 2250. The highest BCUT2D eigenvalue weighted by molar-refractivity contribution is 7.87. The number of hydrogen-bond acceptors (Lipinski definition) is 10. The van der Waals surface area contributed by atoms with Crippen LogP contribution in [0.2, 0.25) is 0 Å². The molecule has 0 aliphatic carbocycles. The van der Waals surface area contributed by atoms with Gasteiger partial charge in [0.1, 0.15) is 21.0 Å². The molecule has 0 aliphatic heterocycles. The van der Waals surface area contributed by atoms with Gasteiger partial charge in [-0.05, 0) is 62.4 Å². The molecule has 0 fully saturated rings. The molecule has 0 radical (unpaired) electrons. The highest BCUT2D eigenvalue weighted by Gasteiger charge is 2.29. The van der Waals surface area contributed by atoms with E-state index in [9.17, 15) is 26.4 Å². The van der Waals surface area contributed by atoms with Crippen molar-refractivity contribution in [2.45, 2.75) is 30.1 Å². The van der Waals surface area contributed by atoms with E-state index < -0.39 is 37.9 Å². The standard InChI is InChI=1S/C33H24O10S2/c1-20-11-15-22(16-12-20)44(36,37)42-30-24-7-3-5-9-28(24)40-32(34)26(30)19-27-31(25-8-4-6-10-29(25)41-33(27)35)43-45(38,39)23-17-13-21(2)14-18-23/h3-18H,19H2,1-2H3. The summed E-state index contributed by atoms with van der Waals surface area (Å²) in [5.41, 5.74) is -1.07. The van der Waals surface area contributed by atoms with Crippen LogP contribution in [0.4, 0.5) is 0 Å². The second-order valence-corrected chi connectivity index (χ2v) is 13.4. The maximum Gasteiger partial charge on any atom is 0.343 e. The maximum absolute atomic E-state index is 13.4. The molecule has 228 valence electrons. The van der Waals surface area contributed by atoms with Crippen LogP contribution >= 0.6 is 0 Å². The minimum absolute atomic E-state index is 0.0318. The first-order valence-electron chi connectivity index (χ1n) is 13.5. The number of benzene rings is 4. The molecule has 0 spiro atoms. The molecule has 0 atom stereocenters. The first-order chi connectivity index (χ1) is 21.4. The third-order valence-electron chi connectivity index (χ3n) is 7.07. The fourth-order valence-corrected chi connectivity index (χ4v) is 6.67. The zero-order valence-electron chi connectivity index (χ0n) is 23.8. The summed E-state index contributed by atoms with van der Waals surface area (Å²) in [4.78, 5) is 26.5. The molecule has 0 saturated carbocycles. The van der Waals surface area contributed by atoms with E-state index in [2.05, 4.69) is 0 Å². The van der Waals surface area contributed by atoms with Crippen molar-refractivity contribution in [1.82, 2.24) is 0 Å². The van der Waals surface area contributed by atoms with Gasteiger partial charge in [0.2, 0.25) is 0 Å². The molecule has 0 amide bonds. The summed E-state index contributed by atoms with van der Waals surface area (Å²) in [6.07, 6.45) is -0.655. The highest BCUT2D eigenvalue weighted by atomic mass is 32.2. The van der Waals surface area contributed by atoms with Gasteiger partial charge in [-0.1, -0.05) is 59.7 Å². The molecule has 0 saturated heterocycles. The normalized spacial score (nSPS) is 12.0. The Morgan fingerprint density at radius 3 is 1.27 bits per heavy atom. The summed E-state index contributed by atoms with van der Waals surface area (Å²) >= 11 is 0. The SMILES string of the molecule is Cc1ccc(S(=O)(=O)Oc2c(Cc3c(OS(=O)(=O)c4ccc(C)cc4)c4ccccc4oc3=O)c(=O)oc3ccccc23)cc1. The van der Waals surface area contributed by atoms with Gasteiger partial charge >= 0.3 is 31.5 Å². The van der Waals surface area contributed by atoms with E-state index >= 15 is 0 Å². The van der Waals surface area contributed by atoms with Crippen LogP contribution in [0.1, 0.15) is 22.3 Å². The molecule has 0 bridgehead atoms. The summed E-state index contributed by atoms with van der Waals surface area (Å²) in [7, 11) is -8.97. The Labute approximate surface area is 257 Å². The van der Waals surface area contributed by atoms with Gasteiger partial charge in [-0.25, -0.2) is 9.59 Å². The predicted octanol–water partition coefficient (Wildman–Crippen LogP) is 5.64. The van der Waals surface area contributed by atoms with Gasteiger partial charge in [-0.15, -0.1) is 0 Å². The molecule has 6 aromatic rings. The smallest absolute Gasteiger partial charge is 0.343 e. The molecule has 12 heteroatoms. The van der Waals surface area contributed by atoms with Crippen molar-refractivity contribution >= 4 is 42.2 Å². The Morgan fingerprint density at radius 1 is 0.533 bits per heavy atom. The molecule has 6 rings (SSSR count). The molecular formula is C33H24O10S2. The van der Waals surface area contributed by atoms with Crippen molar-refractivity contribution in [3.8, 4) is 11.5 Å². The van der Waals surface area contributed by atoms with Crippen LogP contribution in [0.3, 0.4) is 0 Å². The van der Waals surface area contributed by atoms with Gasteiger partial charge in [0.15, 0.2) is 11.5 Å². The van der Waals surface area contributed by atoms with Crippen molar-refractivity contribution in [2.75, 3.05) is 0 Å². The second-order valence-electron chi connectivity index (χ2n) is 10.3. The van der Waals surface area contributed by atoms with Crippen LogP contribution in [0, 0.1) is 13.8 Å². The second kappa shape index (κ2) is 11.4. The highest BCUT2D eigenvalue weighted by Crippen LogP contribution is 2.36. The topological polar surface area (TPSA) is 147 Å². The van der Waals surface area contributed by atoms with Crippen molar-refractivity contribution in [3.05, 3.63) is 140 Å². The molecule has 2 heterocycles. The van der Waals surface area contributed by atoms with Gasteiger partial charge < -0.3 is 17.2 Å². The van der Waals surface area contributed by atoms with Gasteiger partial charge in [0, 0.05) is 6.42 Å². The molecule has 0 unspecified atom stereocenters. The fraction of sp³-hybridized carbons (Fsp3) is 0.0909. The van der Waals surface area contributed by atoms with Crippen molar-refractivity contribution in [2.24, 2.45) is 0 Å². The van der Waals surface area contributed by atoms with E-state index in [-0.39, 0.29) is 54.4 Å². The largest absolute Gasteiger partial charge is 0.422 e. The van der Waals surface area contributed by atoms with Gasteiger partial charge in [-0.2, -0.15) is 16.8 Å². The van der Waals surface area contributed by atoms with E-state index in [0.717, 1.165) is 11.1 Å². The van der Waals surface area contributed by atoms with Crippen molar-refractivity contribution < 1.29 is 34.0 Å². The van der Waals surface area contributed by atoms with Crippen molar-refractivity contribution in [3.63, 3.8) is 0 Å². The zero-order valence-corrected chi connectivity index (χ0v) is 25.5. The maximum atomic E-state index is 13.4. The van der Waals surface area contributed by atoms with E-state index in [1.165, 1.54) is 48.5 Å². The minimum Gasteiger partial charge on any atom is -0.422 e. The number of para-hydroxylation sites is 2. The lowest BCUT2D eigenvalue weighted by Crippen LogP contribution is -2.20. The molecule has 4 aromatic carbocycles. The number of aryl methyl sites for hydroxylation is 2. The van der Waals surface area contributed by atoms with E-state index in [1.54, 1.807) is 62.4 Å². The molecular weight excluding hydrogens is 620 g/mol. The van der Waals surface area contributed by atoms with Crippen LogP contribution in [-0.4, -0.2) is 16.8 Å². The summed E-state index contributed by atoms with van der Waals surface area (Å²) in [5, 5.41) is 0.255. The quantitative estimate of drug-likeness (QED) is 0.151. The summed E-state index contributed by atoms with van der Waals surface area (Å²) in [6.45, 7) is 3.58. The zero-order chi connectivity index (χ0) is 31.9. The monoisotopic (exact) mass is 644 g/mol. The average molecular weight is 645 g/mol. The van der Waals surface area contributed by atoms with Crippen LogP contribution < -0.4 is 19.6 Å². The van der Waals surface area contributed by atoms with E-state index in [4.69, 9.17) is 17.2 Å². The first-order valence-corrected chi connectivity index (χ1v) is 16.4. The Hall–Kier alpha value is -5.20. The Kier molecular flexibility index (Phi) is 7.55. The Balaban J connectivity index is 1.55. The van der Waals surface area contributed by atoms with Crippen LogP contribution in [0.5, 0.6) is 11.5 Å². The third kappa shape index (κ3) is 5.85. The molecule has 2 aromatic heterocycles. The van der Waals surface area contributed by atoms with Crippen LogP contribution in [0.25, 0.3) is 21.9 Å². The summed E-state index contributed by atoms with van der Waals surface area (Å²) in [6, 6.07) is 24.0.